The van der Waals surface area contributed by atoms with Crippen LogP contribution >= 0.6 is 0 Å². The Morgan fingerprint density at radius 2 is 1.21 bits per heavy atom. The van der Waals surface area contributed by atoms with Gasteiger partial charge in [-0.25, -0.2) is 0 Å². The Labute approximate surface area is 205 Å². The van der Waals surface area contributed by atoms with Crippen LogP contribution in [0, 0.1) is 0 Å². The molecule has 0 unspecified atom stereocenters. The van der Waals surface area contributed by atoms with Gasteiger partial charge in [0.1, 0.15) is 0 Å². The van der Waals surface area contributed by atoms with Crippen LogP contribution < -0.4 is 13.7 Å². The van der Waals surface area contributed by atoms with E-state index in [0.29, 0.717) is 16.7 Å². The van der Waals surface area contributed by atoms with E-state index in [2.05, 4.69) is 77.1 Å². The molecule has 0 saturated carbocycles. The molecule has 0 atom stereocenters. The molecule has 1 aliphatic heterocycles. The number of benzene rings is 3. The molecule has 3 nitrogen and oxygen atoms in total. The van der Waals surface area contributed by atoms with Gasteiger partial charge in [0.2, 0.25) is 0 Å². The Morgan fingerprint density at radius 1 is 0.697 bits per heavy atom. The summed E-state index contributed by atoms with van der Waals surface area (Å²) < 4.78 is 5.39. The van der Waals surface area contributed by atoms with Crippen molar-refractivity contribution in [1.82, 2.24) is 0 Å². The average molecular weight is 604 g/mol. The minimum atomic E-state index is -2.40. The number of carbonyl (C=O) groups is 2. The molecule has 0 amide bonds. The summed E-state index contributed by atoms with van der Waals surface area (Å²) >= 11 is -3.16. The summed E-state index contributed by atoms with van der Waals surface area (Å²) in [5.41, 5.74) is 3.93. The van der Waals surface area contributed by atoms with Gasteiger partial charge in [-0.3, -0.25) is 0 Å². The number of Topliss-reactive ketones (excluding diaryl/α,β-unsaturated/α-hetero) is 2. The fourth-order valence-electron chi connectivity index (χ4n) is 4.99. The predicted molar refractivity (Wildman–Crippen MR) is 138 cm³/mol. The van der Waals surface area contributed by atoms with Crippen molar-refractivity contribution >= 4 is 75.2 Å². The summed E-state index contributed by atoms with van der Waals surface area (Å²) in [4.78, 5) is 28.1. The van der Waals surface area contributed by atoms with E-state index >= 15 is 0 Å². The van der Waals surface area contributed by atoms with Crippen LogP contribution in [0.3, 0.4) is 0 Å². The Kier molecular flexibility index (Phi) is 4.88. The van der Waals surface area contributed by atoms with E-state index in [-0.39, 0.29) is 11.6 Å². The minimum absolute atomic E-state index is 0.152. The predicted octanol–water partition coefficient (Wildman–Crippen LogP) is 4.81. The van der Waals surface area contributed by atoms with Crippen molar-refractivity contribution in [2.45, 2.75) is 11.5 Å². The van der Waals surface area contributed by atoms with Gasteiger partial charge in [0.15, 0.2) is 0 Å². The molecule has 2 aliphatic rings. The number of allylic oxidation sites excluding steroid dienone is 1. The number of nitrogens with zero attached hydrogens (tertiary/aromatic N) is 1. The van der Waals surface area contributed by atoms with E-state index in [1.807, 2.05) is 18.2 Å². The van der Waals surface area contributed by atoms with Crippen molar-refractivity contribution in [2.24, 2.45) is 0 Å². The number of anilines is 3. The van der Waals surface area contributed by atoms with Crippen molar-refractivity contribution in [3.05, 3.63) is 105 Å². The summed E-state index contributed by atoms with van der Waals surface area (Å²) in [6, 6.07) is 29.0. The van der Waals surface area contributed by atoms with Crippen LogP contribution in [0.25, 0.3) is 6.08 Å². The summed E-state index contributed by atoms with van der Waals surface area (Å²) in [5, 5.41) is 0. The topological polar surface area (TPSA) is 37.4 Å². The molecule has 4 aromatic rings. The van der Waals surface area contributed by atoms with Crippen molar-refractivity contribution in [2.75, 3.05) is 4.90 Å². The molecule has 1 aliphatic carbocycles. The Balaban J connectivity index is 1.45. The zero-order valence-corrected chi connectivity index (χ0v) is 22.8. The molecule has 5 heteroatoms. The van der Waals surface area contributed by atoms with Gasteiger partial charge < -0.3 is 0 Å². The van der Waals surface area contributed by atoms with Gasteiger partial charge in [-0.1, -0.05) is 0 Å². The fourth-order valence-corrected chi connectivity index (χ4v) is 14.1. The molecule has 0 spiro atoms. The maximum absolute atomic E-state index is 12.9. The van der Waals surface area contributed by atoms with Crippen LogP contribution in [-0.2, 0) is 0 Å². The van der Waals surface area contributed by atoms with Crippen LogP contribution in [0.15, 0.2) is 90.5 Å². The number of hydrogen-bond acceptors (Lipinski definition) is 3. The quantitative estimate of drug-likeness (QED) is 0.188. The average Bonchev–Trinajstić information content (AvgIpc) is 3.39. The first-order chi connectivity index (χ1) is 16.0. The van der Waals surface area contributed by atoms with Gasteiger partial charge >= 0.3 is 206 Å². The van der Waals surface area contributed by atoms with Crippen molar-refractivity contribution in [1.29, 1.82) is 0 Å². The molecule has 33 heavy (non-hydrogen) atoms. The molecular formula is C28H21GeNO2Te. The molecule has 160 valence electrons. The molecular weight excluding hydrogens is 583 g/mol. The van der Waals surface area contributed by atoms with E-state index in [9.17, 15) is 9.59 Å². The van der Waals surface area contributed by atoms with Gasteiger partial charge in [-0.05, 0) is 0 Å². The normalized spacial score (nSPS) is 15.8. The summed E-state index contributed by atoms with van der Waals surface area (Å²) in [6.07, 6.45) is 1.85. The third-order valence-electron chi connectivity index (χ3n) is 6.66. The Bertz CT molecular complexity index is 1410. The van der Waals surface area contributed by atoms with E-state index < -0.39 is 33.7 Å². The second kappa shape index (κ2) is 7.70. The van der Waals surface area contributed by atoms with E-state index in [1.54, 1.807) is 12.1 Å². The van der Waals surface area contributed by atoms with Gasteiger partial charge in [0, 0.05) is 0 Å². The number of rotatable bonds is 2. The standard InChI is InChI=1S/C28H21GeNO2Te/c1-29(2)22-11-5-7-13-24(22)30(25-14-8-6-12-23(25)29)26-16-15-18(33-26)17-21-27(31)19-9-3-4-10-20(19)28(21)32/h3-17H,1-2H3. The molecule has 0 fully saturated rings. The molecule has 3 aromatic carbocycles. The third kappa shape index (κ3) is 3.16. The fraction of sp³-hybridized carbons (Fsp3) is 0.0714. The van der Waals surface area contributed by atoms with E-state index in [4.69, 9.17) is 0 Å². The number of para-hydroxylation sites is 2. The maximum atomic E-state index is 12.9. The molecule has 1 aromatic heterocycles. The zero-order valence-electron chi connectivity index (χ0n) is 18.3. The Morgan fingerprint density at radius 3 is 1.79 bits per heavy atom. The molecule has 0 N–H and O–H groups in total. The first kappa shape index (κ1) is 20.9. The van der Waals surface area contributed by atoms with Crippen molar-refractivity contribution in [3.8, 4) is 0 Å². The van der Waals surface area contributed by atoms with Crippen LogP contribution in [0.1, 0.15) is 24.3 Å². The second-order valence-electron chi connectivity index (χ2n) is 8.93. The van der Waals surface area contributed by atoms with Crippen LogP contribution in [0.5, 0.6) is 0 Å². The van der Waals surface area contributed by atoms with E-state index in [0.717, 1.165) is 3.58 Å². The summed E-state index contributed by atoms with van der Waals surface area (Å²) in [7, 11) is 0. The first-order valence-electron chi connectivity index (χ1n) is 11.0. The molecule has 0 saturated heterocycles. The monoisotopic (exact) mass is 607 g/mol. The van der Waals surface area contributed by atoms with Gasteiger partial charge in [0.05, 0.1) is 0 Å². The van der Waals surface area contributed by atoms with Crippen LogP contribution in [0.4, 0.5) is 15.1 Å². The van der Waals surface area contributed by atoms with Crippen LogP contribution in [-0.4, -0.2) is 45.3 Å². The van der Waals surface area contributed by atoms with Crippen molar-refractivity contribution in [3.63, 3.8) is 0 Å². The van der Waals surface area contributed by atoms with Gasteiger partial charge in [-0.15, -0.1) is 0 Å². The number of carbonyl (C=O) groups excluding carboxylic acids is 2. The summed E-state index contributed by atoms with van der Waals surface area (Å²) in [5.74, 6) is 4.64. The second-order valence-corrected chi connectivity index (χ2v) is 21.1. The molecule has 6 rings (SSSR count). The molecule has 0 bridgehead atoms. The Hall–Kier alpha value is -2.65. The van der Waals surface area contributed by atoms with Crippen LogP contribution in [0.2, 0.25) is 11.5 Å². The summed E-state index contributed by atoms with van der Waals surface area (Å²) in [6.45, 7) is 0. The van der Waals surface area contributed by atoms with E-state index in [1.165, 1.54) is 23.9 Å². The number of hydrogen-bond donors (Lipinski definition) is 0. The van der Waals surface area contributed by atoms with Crippen molar-refractivity contribution < 1.29 is 9.59 Å². The zero-order chi connectivity index (χ0) is 22.7. The van der Waals surface area contributed by atoms with Gasteiger partial charge in [-0.2, -0.15) is 0 Å². The molecule has 0 radical (unpaired) electrons. The van der Waals surface area contributed by atoms with Gasteiger partial charge in [0.25, 0.3) is 0 Å². The molecule has 2 heterocycles. The third-order valence-corrected chi connectivity index (χ3v) is 17.0. The SMILES string of the molecule is [CH3][Ge]1([CH3])[c]2ccccc2N(c2ccc(C=C3C(=O)c4ccccc4C3=O)[te]2)c2cccc[c]21. The first-order valence-corrected chi connectivity index (χ1v) is 19.6. The number of fused-ring (bicyclic) bond motifs is 3. The number of ketones is 2.